The molecule has 0 atom stereocenters. The van der Waals surface area contributed by atoms with Crippen LogP contribution in [-0.2, 0) is 13.1 Å². The van der Waals surface area contributed by atoms with E-state index < -0.39 is 0 Å². The van der Waals surface area contributed by atoms with Gasteiger partial charge in [0.25, 0.3) is 5.91 Å². The van der Waals surface area contributed by atoms with Crippen LogP contribution in [0.2, 0.25) is 0 Å². The van der Waals surface area contributed by atoms with Gasteiger partial charge in [0.05, 0.1) is 11.4 Å². The highest BCUT2D eigenvalue weighted by Gasteiger charge is 2.30. The Hall–Kier alpha value is -2.71. The quantitative estimate of drug-likeness (QED) is 0.592. The van der Waals surface area contributed by atoms with E-state index in [9.17, 15) is 4.79 Å². The molecule has 3 aromatic rings. The van der Waals surface area contributed by atoms with Crippen LogP contribution in [0.1, 0.15) is 54.0 Å². The first-order valence-electron chi connectivity index (χ1n) is 11.8. The number of amides is 1. The van der Waals surface area contributed by atoms with Crippen molar-refractivity contribution < 1.29 is 9.32 Å². The molecule has 1 aliphatic carbocycles. The predicted octanol–water partition coefficient (Wildman–Crippen LogP) is 3.04. The van der Waals surface area contributed by atoms with Crippen molar-refractivity contribution in [1.29, 1.82) is 0 Å². The van der Waals surface area contributed by atoms with E-state index in [1.165, 1.54) is 32.1 Å². The van der Waals surface area contributed by atoms with Gasteiger partial charge in [-0.1, -0.05) is 30.5 Å². The first kappa shape index (κ1) is 21.2. The maximum Gasteiger partial charge on any atom is 0.274 e. The second-order valence-corrected chi connectivity index (χ2v) is 9.12. The van der Waals surface area contributed by atoms with Gasteiger partial charge in [0.15, 0.2) is 5.69 Å². The molecular formula is C24H32N6O2. The SMILES string of the molecule is CN(Cc1ccon1)Cc1c(C(=O)N2CCN(C3CCCCC3)CC2)nc2ccccn12. The van der Waals surface area contributed by atoms with Gasteiger partial charge in [-0.15, -0.1) is 0 Å². The Morgan fingerprint density at radius 2 is 1.91 bits per heavy atom. The van der Waals surface area contributed by atoms with E-state index in [4.69, 9.17) is 9.51 Å². The van der Waals surface area contributed by atoms with Gasteiger partial charge in [0.2, 0.25) is 0 Å². The average molecular weight is 437 g/mol. The zero-order chi connectivity index (χ0) is 21.9. The number of rotatable bonds is 6. The molecular weight excluding hydrogens is 404 g/mol. The van der Waals surface area contributed by atoms with Crippen molar-refractivity contribution in [3.05, 3.63) is 53.8 Å². The van der Waals surface area contributed by atoms with Gasteiger partial charge in [-0.25, -0.2) is 4.98 Å². The van der Waals surface area contributed by atoms with Crippen LogP contribution in [0, 0.1) is 0 Å². The van der Waals surface area contributed by atoms with Crippen LogP contribution in [0.25, 0.3) is 5.65 Å². The number of piperazine rings is 1. The third-order valence-electron chi connectivity index (χ3n) is 6.87. The van der Waals surface area contributed by atoms with Crippen LogP contribution >= 0.6 is 0 Å². The summed E-state index contributed by atoms with van der Waals surface area (Å²) < 4.78 is 6.99. The monoisotopic (exact) mass is 436 g/mol. The molecule has 1 aliphatic heterocycles. The Kier molecular flexibility index (Phi) is 6.23. The first-order valence-corrected chi connectivity index (χ1v) is 11.8. The Morgan fingerprint density at radius 3 is 2.66 bits per heavy atom. The summed E-state index contributed by atoms with van der Waals surface area (Å²) in [6.07, 6.45) is 10.2. The molecule has 0 radical (unpaired) electrons. The number of fused-ring (bicyclic) bond motifs is 1. The molecule has 0 aromatic carbocycles. The number of carbonyl (C=O) groups excluding carboxylic acids is 1. The van der Waals surface area contributed by atoms with Gasteiger partial charge in [0, 0.05) is 57.6 Å². The van der Waals surface area contributed by atoms with E-state index >= 15 is 0 Å². The molecule has 2 fully saturated rings. The van der Waals surface area contributed by atoms with Crippen molar-refractivity contribution in [2.45, 2.75) is 51.2 Å². The van der Waals surface area contributed by atoms with Crippen molar-refractivity contribution in [2.24, 2.45) is 0 Å². The second kappa shape index (κ2) is 9.42. The highest BCUT2D eigenvalue weighted by atomic mass is 16.5. The molecule has 1 saturated carbocycles. The number of hydrogen-bond acceptors (Lipinski definition) is 6. The summed E-state index contributed by atoms with van der Waals surface area (Å²) in [5.74, 6) is 0.0434. The number of aromatic nitrogens is 3. The lowest BCUT2D eigenvalue weighted by Gasteiger charge is -2.40. The van der Waals surface area contributed by atoms with Crippen LogP contribution in [-0.4, -0.2) is 74.4 Å². The lowest BCUT2D eigenvalue weighted by Crippen LogP contribution is -2.52. The van der Waals surface area contributed by atoms with E-state index in [1.807, 2.05) is 46.8 Å². The number of hydrogen-bond donors (Lipinski definition) is 0. The largest absolute Gasteiger partial charge is 0.364 e. The fraction of sp³-hybridized carbons (Fsp3) is 0.542. The molecule has 0 spiro atoms. The third-order valence-corrected chi connectivity index (χ3v) is 6.87. The average Bonchev–Trinajstić information content (AvgIpc) is 3.47. The van der Waals surface area contributed by atoms with Gasteiger partial charge in [-0.05, 0) is 32.0 Å². The molecule has 0 N–H and O–H groups in total. The highest BCUT2D eigenvalue weighted by molar-refractivity contribution is 5.94. The Bertz CT molecular complexity index is 1030. The molecule has 3 aromatic heterocycles. The topological polar surface area (TPSA) is 70.1 Å². The first-order chi connectivity index (χ1) is 15.7. The van der Waals surface area contributed by atoms with E-state index in [0.29, 0.717) is 24.8 Å². The molecule has 8 heteroatoms. The molecule has 0 bridgehead atoms. The Balaban J connectivity index is 1.32. The minimum Gasteiger partial charge on any atom is -0.364 e. The van der Waals surface area contributed by atoms with Gasteiger partial charge in [-0.3, -0.25) is 14.6 Å². The summed E-state index contributed by atoms with van der Waals surface area (Å²) in [5, 5.41) is 4.01. The smallest absolute Gasteiger partial charge is 0.274 e. The second-order valence-electron chi connectivity index (χ2n) is 9.12. The lowest BCUT2D eigenvalue weighted by atomic mass is 9.94. The van der Waals surface area contributed by atoms with E-state index in [0.717, 1.165) is 43.2 Å². The number of pyridine rings is 1. The van der Waals surface area contributed by atoms with Crippen LogP contribution < -0.4 is 0 Å². The standard InChI is InChI=1S/C24H32N6O2/c1-27(17-19-10-16-32-26-19)18-21-23(25-22-9-5-6-11-30(21)22)24(31)29-14-12-28(13-15-29)20-7-3-2-4-8-20/h5-6,9-11,16,20H,2-4,7-8,12-15,17-18H2,1H3. The zero-order valence-electron chi connectivity index (χ0n) is 18.8. The lowest BCUT2D eigenvalue weighted by molar-refractivity contribution is 0.0517. The summed E-state index contributed by atoms with van der Waals surface area (Å²) in [7, 11) is 2.02. The molecule has 170 valence electrons. The van der Waals surface area contributed by atoms with Crippen molar-refractivity contribution in [3.63, 3.8) is 0 Å². The summed E-state index contributed by atoms with van der Waals surface area (Å²) >= 11 is 0. The van der Waals surface area contributed by atoms with Crippen LogP contribution in [0.3, 0.4) is 0 Å². The van der Waals surface area contributed by atoms with Crippen molar-refractivity contribution in [1.82, 2.24) is 29.2 Å². The fourth-order valence-electron chi connectivity index (χ4n) is 5.16. The molecule has 1 saturated heterocycles. The predicted molar refractivity (Wildman–Crippen MR) is 121 cm³/mol. The Morgan fingerprint density at radius 1 is 1.09 bits per heavy atom. The maximum atomic E-state index is 13.6. The molecule has 8 nitrogen and oxygen atoms in total. The number of imidazole rings is 1. The third kappa shape index (κ3) is 4.42. The van der Waals surface area contributed by atoms with Crippen LogP contribution in [0.4, 0.5) is 0 Å². The van der Waals surface area contributed by atoms with Crippen LogP contribution in [0.5, 0.6) is 0 Å². The van der Waals surface area contributed by atoms with Crippen molar-refractivity contribution in [3.8, 4) is 0 Å². The number of nitrogens with zero attached hydrogens (tertiary/aromatic N) is 6. The normalized spacial score (nSPS) is 18.6. The van der Waals surface area contributed by atoms with E-state index in [1.54, 1.807) is 6.26 Å². The number of carbonyl (C=O) groups is 1. The summed E-state index contributed by atoms with van der Waals surface area (Å²) in [4.78, 5) is 25.0. The molecule has 0 unspecified atom stereocenters. The summed E-state index contributed by atoms with van der Waals surface area (Å²) in [6.45, 7) is 4.72. The molecule has 4 heterocycles. The van der Waals surface area contributed by atoms with Crippen LogP contribution in [0.15, 0.2) is 41.2 Å². The maximum absolute atomic E-state index is 13.6. The zero-order valence-corrected chi connectivity index (χ0v) is 18.8. The highest BCUT2D eigenvalue weighted by Crippen LogP contribution is 2.24. The van der Waals surface area contributed by atoms with Crippen molar-refractivity contribution >= 4 is 11.6 Å². The minimum atomic E-state index is 0.0434. The molecule has 2 aliphatic rings. The minimum absolute atomic E-state index is 0.0434. The van der Waals surface area contributed by atoms with Gasteiger partial charge >= 0.3 is 0 Å². The van der Waals surface area contributed by atoms with Gasteiger partial charge < -0.3 is 13.8 Å². The molecule has 32 heavy (non-hydrogen) atoms. The molecule has 5 rings (SSSR count). The van der Waals surface area contributed by atoms with Gasteiger partial charge in [-0.2, -0.15) is 0 Å². The van der Waals surface area contributed by atoms with Crippen molar-refractivity contribution in [2.75, 3.05) is 33.2 Å². The fourth-order valence-corrected chi connectivity index (χ4v) is 5.16. The summed E-state index contributed by atoms with van der Waals surface area (Å²) in [5.41, 5.74) is 3.16. The summed E-state index contributed by atoms with van der Waals surface area (Å²) in [6, 6.07) is 8.47. The Labute approximate surface area is 188 Å². The van der Waals surface area contributed by atoms with E-state index in [2.05, 4.69) is 15.0 Å². The van der Waals surface area contributed by atoms with Gasteiger partial charge in [0.1, 0.15) is 11.9 Å². The van der Waals surface area contributed by atoms with E-state index in [-0.39, 0.29) is 5.91 Å². The molecule has 1 amide bonds.